The Morgan fingerprint density at radius 1 is 1.39 bits per heavy atom. The van der Waals surface area contributed by atoms with Gasteiger partial charge in [0.2, 0.25) is 15.9 Å². The standard InChI is InChI=1S/C17H26N2O3S/c1-5-13(2)18(23(4,21)22)11-10-17(20)19-14(3)12-15-8-6-7-9-16(15)19/h6-9,13-14H,5,10-12H2,1-4H3. The SMILES string of the molecule is CCC(C)N(CCC(=O)N1c2ccccc2CC1C)S(C)(=O)=O. The molecular formula is C17H26N2O3S. The van der Waals surface area contributed by atoms with E-state index in [0.29, 0.717) is 0 Å². The molecule has 0 spiro atoms. The van der Waals surface area contributed by atoms with Crippen LogP contribution in [-0.4, -0.2) is 43.5 Å². The van der Waals surface area contributed by atoms with Crippen molar-refractivity contribution >= 4 is 21.6 Å². The fourth-order valence-corrected chi connectivity index (χ4v) is 4.41. The van der Waals surface area contributed by atoms with Gasteiger partial charge in [0.15, 0.2) is 0 Å². The maximum Gasteiger partial charge on any atom is 0.228 e. The highest BCUT2D eigenvalue weighted by Gasteiger charge is 2.31. The van der Waals surface area contributed by atoms with Crippen LogP contribution in [0.15, 0.2) is 24.3 Å². The average Bonchev–Trinajstić information content (AvgIpc) is 2.81. The Hall–Kier alpha value is -1.40. The number of rotatable bonds is 6. The first-order chi connectivity index (χ1) is 10.8. The molecule has 0 aromatic heterocycles. The van der Waals surface area contributed by atoms with Gasteiger partial charge in [-0.2, -0.15) is 4.31 Å². The van der Waals surface area contributed by atoms with E-state index in [1.165, 1.54) is 16.1 Å². The summed E-state index contributed by atoms with van der Waals surface area (Å²) in [5, 5.41) is 0. The zero-order valence-corrected chi connectivity index (χ0v) is 15.1. The third-order valence-corrected chi connectivity index (χ3v) is 5.92. The summed E-state index contributed by atoms with van der Waals surface area (Å²) in [5.74, 6) is -0.0144. The highest BCUT2D eigenvalue weighted by Crippen LogP contribution is 2.32. The zero-order chi connectivity index (χ0) is 17.2. The highest BCUT2D eigenvalue weighted by atomic mass is 32.2. The van der Waals surface area contributed by atoms with Crippen LogP contribution in [0.5, 0.6) is 0 Å². The smallest absolute Gasteiger partial charge is 0.228 e. The summed E-state index contributed by atoms with van der Waals surface area (Å²) in [6, 6.07) is 7.93. The van der Waals surface area contributed by atoms with E-state index in [1.807, 2.05) is 49.9 Å². The lowest BCUT2D eigenvalue weighted by molar-refractivity contribution is -0.119. The molecular weight excluding hydrogens is 312 g/mol. The largest absolute Gasteiger partial charge is 0.309 e. The minimum absolute atomic E-state index is 0.0144. The number of hydrogen-bond donors (Lipinski definition) is 0. The summed E-state index contributed by atoms with van der Waals surface area (Å²) in [6.45, 7) is 6.09. The summed E-state index contributed by atoms with van der Waals surface area (Å²) in [7, 11) is -3.31. The maximum atomic E-state index is 12.7. The van der Waals surface area contributed by atoms with Gasteiger partial charge in [0.25, 0.3) is 0 Å². The second-order valence-electron chi connectivity index (χ2n) is 6.33. The topological polar surface area (TPSA) is 57.7 Å². The van der Waals surface area contributed by atoms with Gasteiger partial charge in [-0.1, -0.05) is 25.1 Å². The van der Waals surface area contributed by atoms with Crippen molar-refractivity contribution in [2.75, 3.05) is 17.7 Å². The molecule has 0 fully saturated rings. The number of benzene rings is 1. The minimum atomic E-state index is -3.31. The molecule has 0 saturated heterocycles. The van der Waals surface area contributed by atoms with Gasteiger partial charge >= 0.3 is 0 Å². The molecule has 1 aromatic carbocycles. The van der Waals surface area contributed by atoms with Gasteiger partial charge in [0.05, 0.1) is 6.26 Å². The van der Waals surface area contributed by atoms with E-state index < -0.39 is 10.0 Å². The lowest BCUT2D eigenvalue weighted by Crippen LogP contribution is -2.42. The number of fused-ring (bicyclic) bond motifs is 1. The molecule has 128 valence electrons. The molecule has 5 nitrogen and oxygen atoms in total. The van der Waals surface area contributed by atoms with Crippen LogP contribution in [0.2, 0.25) is 0 Å². The normalized spacial score (nSPS) is 19.0. The molecule has 2 rings (SSSR count). The van der Waals surface area contributed by atoms with Crippen LogP contribution >= 0.6 is 0 Å². The predicted octanol–water partition coefficient (Wildman–Crippen LogP) is 2.41. The first-order valence-corrected chi connectivity index (χ1v) is 9.97. The third kappa shape index (κ3) is 3.93. The van der Waals surface area contributed by atoms with E-state index in [-0.39, 0.29) is 31.0 Å². The Labute approximate surface area is 139 Å². The van der Waals surface area contributed by atoms with Crippen molar-refractivity contribution in [3.05, 3.63) is 29.8 Å². The van der Waals surface area contributed by atoms with Crippen molar-refractivity contribution in [1.82, 2.24) is 4.31 Å². The Bertz CT molecular complexity index is 672. The Kier molecular flexibility index (Phi) is 5.47. The number of anilines is 1. The van der Waals surface area contributed by atoms with E-state index in [9.17, 15) is 13.2 Å². The van der Waals surface area contributed by atoms with Crippen molar-refractivity contribution < 1.29 is 13.2 Å². The molecule has 1 aliphatic heterocycles. The summed E-state index contributed by atoms with van der Waals surface area (Å²) < 4.78 is 25.3. The second-order valence-corrected chi connectivity index (χ2v) is 8.26. The van der Waals surface area contributed by atoms with E-state index in [0.717, 1.165) is 18.5 Å². The zero-order valence-electron chi connectivity index (χ0n) is 14.3. The fourth-order valence-electron chi connectivity index (χ4n) is 3.19. The van der Waals surface area contributed by atoms with Crippen LogP contribution in [0.4, 0.5) is 5.69 Å². The first-order valence-electron chi connectivity index (χ1n) is 8.12. The summed E-state index contributed by atoms with van der Waals surface area (Å²) in [5.41, 5.74) is 2.13. The van der Waals surface area contributed by atoms with Crippen LogP contribution in [0, 0.1) is 0 Å². The average molecular weight is 338 g/mol. The molecule has 0 N–H and O–H groups in total. The van der Waals surface area contributed by atoms with E-state index in [2.05, 4.69) is 0 Å². The first kappa shape index (κ1) is 17.9. The van der Waals surface area contributed by atoms with Crippen LogP contribution in [-0.2, 0) is 21.2 Å². The molecule has 1 heterocycles. The van der Waals surface area contributed by atoms with Gasteiger partial charge in [-0.3, -0.25) is 4.79 Å². The van der Waals surface area contributed by atoms with Gasteiger partial charge < -0.3 is 4.90 Å². The Morgan fingerprint density at radius 3 is 2.65 bits per heavy atom. The molecule has 6 heteroatoms. The Balaban J connectivity index is 2.10. The summed E-state index contributed by atoms with van der Waals surface area (Å²) in [4.78, 5) is 14.5. The summed E-state index contributed by atoms with van der Waals surface area (Å²) >= 11 is 0. The van der Waals surface area contributed by atoms with Gasteiger partial charge in [-0.25, -0.2) is 8.42 Å². The number of hydrogen-bond acceptors (Lipinski definition) is 3. The lowest BCUT2D eigenvalue weighted by Gasteiger charge is -2.28. The number of para-hydroxylation sites is 1. The lowest BCUT2D eigenvalue weighted by atomic mass is 10.1. The predicted molar refractivity (Wildman–Crippen MR) is 93.0 cm³/mol. The number of amides is 1. The monoisotopic (exact) mass is 338 g/mol. The molecule has 1 aromatic rings. The third-order valence-electron chi connectivity index (χ3n) is 4.53. The van der Waals surface area contributed by atoms with Gasteiger partial charge in [-0.05, 0) is 38.3 Å². The molecule has 0 aliphatic carbocycles. The minimum Gasteiger partial charge on any atom is -0.309 e. The molecule has 0 saturated carbocycles. The van der Waals surface area contributed by atoms with E-state index in [4.69, 9.17) is 0 Å². The molecule has 2 unspecified atom stereocenters. The van der Waals surface area contributed by atoms with E-state index in [1.54, 1.807) is 0 Å². The molecule has 1 amide bonds. The quantitative estimate of drug-likeness (QED) is 0.800. The highest BCUT2D eigenvalue weighted by molar-refractivity contribution is 7.88. The number of sulfonamides is 1. The van der Waals surface area contributed by atoms with Crippen LogP contribution < -0.4 is 4.90 Å². The fraction of sp³-hybridized carbons (Fsp3) is 0.588. The van der Waals surface area contributed by atoms with Crippen molar-refractivity contribution in [3.8, 4) is 0 Å². The van der Waals surface area contributed by atoms with Gasteiger partial charge in [-0.15, -0.1) is 0 Å². The second kappa shape index (κ2) is 7.01. The van der Waals surface area contributed by atoms with Crippen molar-refractivity contribution in [1.29, 1.82) is 0 Å². The molecule has 23 heavy (non-hydrogen) atoms. The van der Waals surface area contributed by atoms with Crippen LogP contribution in [0.1, 0.15) is 39.2 Å². The number of carbonyl (C=O) groups excluding carboxylic acids is 1. The molecule has 1 aliphatic rings. The van der Waals surface area contributed by atoms with Gasteiger partial charge in [0.1, 0.15) is 0 Å². The van der Waals surface area contributed by atoms with Crippen molar-refractivity contribution in [2.45, 2.75) is 52.1 Å². The van der Waals surface area contributed by atoms with Crippen LogP contribution in [0.25, 0.3) is 0 Å². The molecule has 2 atom stereocenters. The van der Waals surface area contributed by atoms with Crippen LogP contribution in [0.3, 0.4) is 0 Å². The number of carbonyl (C=O) groups is 1. The Morgan fingerprint density at radius 2 is 2.04 bits per heavy atom. The number of nitrogens with zero attached hydrogens (tertiary/aromatic N) is 2. The van der Waals surface area contributed by atoms with E-state index >= 15 is 0 Å². The van der Waals surface area contributed by atoms with Crippen molar-refractivity contribution in [2.24, 2.45) is 0 Å². The molecule has 0 bridgehead atoms. The molecule has 0 radical (unpaired) electrons. The maximum absolute atomic E-state index is 12.7. The van der Waals surface area contributed by atoms with Crippen molar-refractivity contribution in [3.63, 3.8) is 0 Å². The summed E-state index contributed by atoms with van der Waals surface area (Å²) in [6.07, 6.45) is 2.99. The van der Waals surface area contributed by atoms with Gasteiger partial charge in [0, 0.05) is 30.7 Å².